The summed E-state index contributed by atoms with van der Waals surface area (Å²) >= 11 is 5.75. The first-order chi connectivity index (χ1) is 20.7. The molecule has 3 aromatic rings. The summed E-state index contributed by atoms with van der Waals surface area (Å²) < 4.78 is 27.3. The number of carbonyl (C=O) groups excluding carboxylic acids is 2. The number of fused-ring (bicyclic) bond motifs is 1. The lowest BCUT2D eigenvalue weighted by Crippen LogP contribution is -2.46. The van der Waals surface area contributed by atoms with E-state index in [0.29, 0.717) is 47.6 Å². The second kappa shape index (κ2) is 11.2. The van der Waals surface area contributed by atoms with Crippen molar-refractivity contribution >= 4 is 33.3 Å². The van der Waals surface area contributed by atoms with Crippen LogP contribution in [-0.4, -0.2) is 82.0 Å². The second-order valence-corrected chi connectivity index (χ2v) is 13.4. The van der Waals surface area contributed by atoms with Crippen molar-refractivity contribution in [3.8, 4) is 6.07 Å². The number of nitriles is 1. The van der Waals surface area contributed by atoms with E-state index in [1.807, 2.05) is 4.90 Å². The molecule has 2 aromatic heterocycles. The van der Waals surface area contributed by atoms with Gasteiger partial charge in [0.05, 0.1) is 17.4 Å². The van der Waals surface area contributed by atoms with E-state index in [1.165, 1.54) is 10.4 Å². The Balaban J connectivity index is 1.43. The molecule has 0 bridgehead atoms. The number of rotatable bonds is 9. The van der Waals surface area contributed by atoms with Crippen molar-refractivity contribution in [1.82, 2.24) is 24.1 Å². The fourth-order valence-electron chi connectivity index (χ4n) is 6.54. The van der Waals surface area contributed by atoms with Gasteiger partial charge in [-0.1, -0.05) is 0 Å². The van der Waals surface area contributed by atoms with Gasteiger partial charge in [-0.05, 0) is 66.1 Å². The van der Waals surface area contributed by atoms with Gasteiger partial charge in [-0.2, -0.15) is 5.26 Å². The van der Waals surface area contributed by atoms with Crippen LogP contribution in [0.4, 0.5) is 0 Å². The number of piperidine rings is 1. The highest BCUT2D eigenvalue weighted by Crippen LogP contribution is 2.56. The Hall–Kier alpha value is -4.11. The van der Waals surface area contributed by atoms with Gasteiger partial charge < -0.3 is 4.90 Å². The van der Waals surface area contributed by atoms with Gasteiger partial charge in [-0.25, -0.2) is 12.7 Å². The first-order valence-electron chi connectivity index (χ1n) is 13.9. The number of hydrogen-bond donors (Lipinski definition) is 0. The summed E-state index contributed by atoms with van der Waals surface area (Å²) in [6.45, 7) is 0.615. The number of halogens is 1. The van der Waals surface area contributed by atoms with Crippen LogP contribution in [0, 0.1) is 23.2 Å². The Morgan fingerprint density at radius 2 is 1.58 bits per heavy atom. The molecule has 10 nitrogen and oxygen atoms in total. The molecular formula is C31H29ClN6O4S. The maximum Gasteiger partial charge on any atom is 0.263 e. The normalized spacial score (nSPS) is 23.8. The number of amides is 1. The van der Waals surface area contributed by atoms with Crippen molar-refractivity contribution in [2.45, 2.75) is 18.0 Å². The van der Waals surface area contributed by atoms with Crippen molar-refractivity contribution in [3.63, 3.8) is 0 Å². The van der Waals surface area contributed by atoms with Crippen LogP contribution in [0.5, 0.6) is 0 Å². The van der Waals surface area contributed by atoms with Gasteiger partial charge in [0, 0.05) is 80.3 Å². The molecule has 3 fully saturated rings. The topological polar surface area (TPSA) is 128 Å². The van der Waals surface area contributed by atoms with Crippen LogP contribution in [0.3, 0.4) is 0 Å². The van der Waals surface area contributed by atoms with Crippen molar-refractivity contribution in [3.05, 3.63) is 107 Å². The lowest BCUT2D eigenvalue weighted by molar-refractivity contribution is -0.132. The van der Waals surface area contributed by atoms with Gasteiger partial charge in [-0.15, -0.1) is 11.6 Å². The molecule has 1 amide bonds. The third-order valence-corrected chi connectivity index (χ3v) is 10.9. The zero-order valence-corrected chi connectivity index (χ0v) is 24.9. The SMILES string of the molecule is CN1C(=CC(=O)c2ccc(C#N)cc2)N([C@H]2[C@@H]3CN(S(=O)(=O)CCCCl)C[C@@H]32)C(=O)C1(c1ccncc1)c1ccncc1. The molecule has 1 aliphatic carbocycles. The number of hydrogen-bond acceptors (Lipinski definition) is 8. The van der Waals surface area contributed by atoms with Crippen LogP contribution in [0.15, 0.2) is 85.2 Å². The lowest BCUT2D eigenvalue weighted by Gasteiger charge is -2.35. The van der Waals surface area contributed by atoms with Crippen molar-refractivity contribution in [2.75, 3.05) is 31.8 Å². The molecule has 1 saturated carbocycles. The molecule has 3 aliphatic rings. The summed E-state index contributed by atoms with van der Waals surface area (Å²) in [4.78, 5) is 40.3. The minimum absolute atomic E-state index is 0.0105. The summed E-state index contributed by atoms with van der Waals surface area (Å²) in [7, 11) is -1.66. The van der Waals surface area contributed by atoms with Crippen LogP contribution in [0.25, 0.3) is 0 Å². The number of ketones is 1. The molecule has 2 saturated heterocycles. The van der Waals surface area contributed by atoms with Crippen molar-refractivity contribution in [1.29, 1.82) is 5.26 Å². The van der Waals surface area contributed by atoms with Gasteiger partial charge in [-0.3, -0.25) is 24.5 Å². The van der Waals surface area contributed by atoms with Crippen LogP contribution in [0.1, 0.15) is 33.5 Å². The molecule has 0 spiro atoms. The van der Waals surface area contributed by atoms with Gasteiger partial charge >= 0.3 is 0 Å². The number of benzene rings is 1. The Bertz CT molecular complexity index is 1680. The molecule has 6 rings (SSSR count). The maximum absolute atomic E-state index is 14.9. The summed E-state index contributed by atoms with van der Waals surface area (Å²) in [6, 6.07) is 15.3. The molecule has 1 aromatic carbocycles. The Labute approximate surface area is 255 Å². The van der Waals surface area contributed by atoms with E-state index in [9.17, 15) is 23.3 Å². The third kappa shape index (κ3) is 4.79. The van der Waals surface area contributed by atoms with E-state index >= 15 is 0 Å². The number of allylic oxidation sites excluding steroid dienone is 1. The molecule has 12 heteroatoms. The average Bonchev–Trinajstić information content (AvgIpc) is 3.39. The molecular weight excluding hydrogens is 588 g/mol. The molecule has 0 unspecified atom stereocenters. The van der Waals surface area contributed by atoms with E-state index in [4.69, 9.17) is 11.6 Å². The number of sulfonamides is 1. The van der Waals surface area contributed by atoms with Crippen LogP contribution >= 0.6 is 11.6 Å². The van der Waals surface area contributed by atoms with E-state index in [0.717, 1.165) is 0 Å². The maximum atomic E-state index is 14.9. The Morgan fingerprint density at radius 3 is 2.09 bits per heavy atom. The summed E-state index contributed by atoms with van der Waals surface area (Å²) in [5.74, 6) is -0.00947. The molecule has 3 atom stereocenters. The number of pyridine rings is 2. The van der Waals surface area contributed by atoms with Crippen LogP contribution in [0.2, 0.25) is 0 Å². The monoisotopic (exact) mass is 616 g/mol. The number of nitrogens with zero attached hydrogens (tertiary/aromatic N) is 6. The first kappa shape index (κ1) is 29.0. The zero-order chi connectivity index (χ0) is 30.4. The van der Waals surface area contributed by atoms with Crippen LogP contribution in [-0.2, 0) is 20.4 Å². The molecule has 4 heterocycles. The highest BCUT2D eigenvalue weighted by molar-refractivity contribution is 7.89. The number of likely N-dealkylation sites (N-methyl/N-ethyl adjacent to an activating group) is 1. The Kier molecular flexibility index (Phi) is 7.54. The summed E-state index contributed by atoms with van der Waals surface area (Å²) in [5, 5.41) is 9.17. The van der Waals surface area contributed by atoms with Gasteiger partial charge in [0.15, 0.2) is 11.3 Å². The van der Waals surface area contributed by atoms with Gasteiger partial charge in [0.1, 0.15) is 5.82 Å². The highest BCUT2D eigenvalue weighted by atomic mass is 35.5. The van der Waals surface area contributed by atoms with E-state index in [1.54, 1.807) is 85.3 Å². The minimum atomic E-state index is -3.45. The summed E-state index contributed by atoms with van der Waals surface area (Å²) in [5.41, 5.74) is 0.856. The highest BCUT2D eigenvalue weighted by Gasteiger charge is 2.67. The molecule has 0 radical (unpaired) electrons. The predicted molar refractivity (Wildman–Crippen MR) is 159 cm³/mol. The second-order valence-electron chi connectivity index (χ2n) is 11.0. The van der Waals surface area contributed by atoms with E-state index in [2.05, 4.69) is 16.0 Å². The van der Waals surface area contributed by atoms with Crippen LogP contribution < -0.4 is 0 Å². The fourth-order valence-corrected chi connectivity index (χ4v) is 8.40. The minimum Gasteiger partial charge on any atom is -0.339 e. The Morgan fingerprint density at radius 1 is 1.02 bits per heavy atom. The lowest BCUT2D eigenvalue weighted by atomic mass is 9.82. The zero-order valence-electron chi connectivity index (χ0n) is 23.4. The van der Waals surface area contributed by atoms with Gasteiger partial charge in [0.2, 0.25) is 10.0 Å². The fraction of sp³-hybridized carbons (Fsp3) is 0.323. The smallest absolute Gasteiger partial charge is 0.263 e. The summed E-state index contributed by atoms with van der Waals surface area (Å²) in [6.07, 6.45) is 8.35. The predicted octanol–water partition coefficient (Wildman–Crippen LogP) is 2.98. The van der Waals surface area contributed by atoms with E-state index < -0.39 is 15.6 Å². The largest absolute Gasteiger partial charge is 0.339 e. The molecule has 2 aliphatic heterocycles. The first-order valence-corrected chi connectivity index (χ1v) is 16.1. The third-order valence-electron chi connectivity index (χ3n) is 8.72. The molecule has 0 N–H and O–H groups in total. The van der Waals surface area contributed by atoms with Crippen molar-refractivity contribution in [2.24, 2.45) is 11.8 Å². The molecule has 43 heavy (non-hydrogen) atoms. The number of alkyl halides is 1. The standard InChI is InChI=1S/C31H29ClN6O4S/c1-36-28(17-27(39)22-5-3-21(18-33)4-6-22)38(29-25-19-37(20-26(25)29)43(41,42)16-2-11-32)30(40)31(36,23-7-12-34-13-8-23)24-9-14-35-15-10-24/h3-10,12-15,17,25-26,29H,2,11,16,19-20H2,1H3/t25-,26+,29+. The average molecular weight is 617 g/mol. The van der Waals surface area contributed by atoms with E-state index in [-0.39, 0.29) is 41.2 Å². The number of aromatic nitrogens is 2. The number of carbonyl (C=O) groups is 2. The van der Waals surface area contributed by atoms with Crippen molar-refractivity contribution < 1.29 is 18.0 Å². The molecule has 220 valence electrons. The quantitative estimate of drug-likeness (QED) is 0.204. The van der Waals surface area contributed by atoms with Gasteiger partial charge in [0.25, 0.3) is 5.91 Å².